The van der Waals surface area contributed by atoms with Crippen LogP contribution in [-0.4, -0.2) is 13.9 Å². The van der Waals surface area contributed by atoms with E-state index < -0.39 is 0 Å². The van der Waals surface area contributed by atoms with Crippen molar-refractivity contribution >= 4 is 44.8 Å². The molecule has 30 heavy (non-hydrogen) atoms. The van der Waals surface area contributed by atoms with Gasteiger partial charge in [-0.05, 0) is 57.9 Å². The molecule has 0 bridgehead atoms. The summed E-state index contributed by atoms with van der Waals surface area (Å²) in [5.41, 5.74) is 2.80. The Bertz CT molecular complexity index is 1080. The van der Waals surface area contributed by atoms with Gasteiger partial charge in [-0.2, -0.15) is 0 Å². The summed E-state index contributed by atoms with van der Waals surface area (Å²) in [7, 11) is 1.61. The van der Waals surface area contributed by atoms with Gasteiger partial charge in [0.25, 0.3) is 0 Å². The predicted octanol–water partition coefficient (Wildman–Crippen LogP) is 6.68. The van der Waals surface area contributed by atoms with Crippen molar-refractivity contribution < 1.29 is 18.9 Å². The van der Waals surface area contributed by atoms with Gasteiger partial charge in [0.15, 0.2) is 23.0 Å². The summed E-state index contributed by atoms with van der Waals surface area (Å²) in [5.74, 6) is 2.72. The van der Waals surface area contributed by atoms with E-state index in [0.29, 0.717) is 34.7 Å². The van der Waals surface area contributed by atoms with Gasteiger partial charge in [0.2, 0.25) is 6.79 Å². The molecule has 0 saturated heterocycles. The van der Waals surface area contributed by atoms with Gasteiger partial charge in [0, 0.05) is 33.9 Å². The fourth-order valence-electron chi connectivity index (χ4n) is 3.01. The minimum Gasteiger partial charge on any atom is -0.493 e. The van der Waals surface area contributed by atoms with Gasteiger partial charge < -0.3 is 24.3 Å². The molecule has 3 aromatic rings. The van der Waals surface area contributed by atoms with Gasteiger partial charge in [-0.25, -0.2) is 0 Å². The summed E-state index contributed by atoms with van der Waals surface area (Å²) in [6.45, 7) is 1.14. The van der Waals surface area contributed by atoms with E-state index in [1.807, 2.05) is 36.4 Å². The van der Waals surface area contributed by atoms with Crippen LogP contribution in [0.4, 0.5) is 5.69 Å². The van der Waals surface area contributed by atoms with Gasteiger partial charge in [-0.15, -0.1) is 0 Å². The lowest BCUT2D eigenvalue weighted by atomic mass is 10.2. The summed E-state index contributed by atoms with van der Waals surface area (Å²) in [6, 6.07) is 15.0. The molecule has 0 aliphatic carbocycles. The van der Waals surface area contributed by atoms with Gasteiger partial charge >= 0.3 is 0 Å². The van der Waals surface area contributed by atoms with E-state index in [4.69, 9.17) is 42.1 Å². The second-order valence-electron chi connectivity index (χ2n) is 6.56. The molecule has 5 nitrogen and oxygen atoms in total. The van der Waals surface area contributed by atoms with Crippen LogP contribution in [0.15, 0.2) is 53.0 Å². The second-order valence-corrected chi connectivity index (χ2v) is 8.25. The first-order valence-corrected chi connectivity index (χ1v) is 10.6. The number of fused-ring (bicyclic) bond motifs is 1. The van der Waals surface area contributed by atoms with E-state index in [2.05, 4.69) is 21.2 Å². The number of benzene rings is 3. The van der Waals surface area contributed by atoms with Crippen LogP contribution >= 0.6 is 39.1 Å². The Labute approximate surface area is 192 Å². The smallest absolute Gasteiger partial charge is 0.231 e. The summed E-state index contributed by atoms with van der Waals surface area (Å²) in [5, 5.41) is 4.52. The molecule has 0 amide bonds. The lowest BCUT2D eigenvalue weighted by Crippen LogP contribution is -2.03. The highest BCUT2D eigenvalue weighted by Crippen LogP contribution is 2.38. The molecule has 0 unspecified atom stereocenters. The van der Waals surface area contributed by atoms with Crippen LogP contribution < -0.4 is 24.3 Å². The third-order valence-corrected chi connectivity index (χ3v) is 5.72. The Balaban J connectivity index is 1.46. The molecule has 1 heterocycles. The maximum atomic E-state index is 6.24. The van der Waals surface area contributed by atoms with E-state index >= 15 is 0 Å². The number of nitrogens with one attached hydrogen (secondary N) is 1. The molecule has 1 aliphatic heterocycles. The Kier molecular flexibility index (Phi) is 6.46. The van der Waals surface area contributed by atoms with Crippen LogP contribution in [0.2, 0.25) is 10.0 Å². The van der Waals surface area contributed by atoms with E-state index in [1.54, 1.807) is 19.2 Å². The Morgan fingerprint density at radius 2 is 1.87 bits per heavy atom. The van der Waals surface area contributed by atoms with E-state index in [1.165, 1.54) is 0 Å². The molecule has 8 heteroatoms. The molecule has 1 aliphatic rings. The van der Waals surface area contributed by atoms with Crippen LogP contribution in [0.25, 0.3) is 0 Å². The summed E-state index contributed by atoms with van der Waals surface area (Å²) in [4.78, 5) is 0. The molecular weight excluding hydrogens is 493 g/mol. The van der Waals surface area contributed by atoms with Gasteiger partial charge in [-0.3, -0.25) is 0 Å². The first-order chi connectivity index (χ1) is 14.5. The molecule has 4 rings (SSSR count). The molecule has 3 aromatic carbocycles. The van der Waals surface area contributed by atoms with Gasteiger partial charge in [0.05, 0.1) is 11.6 Å². The maximum Gasteiger partial charge on any atom is 0.231 e. The van der Waals surface area contributed by atoms with E-state index in [-0.39, 0.29) is 6.79 Å². The number of rotatable bonds is 7. The molecule has 0 aromatic heterocycles. The molecule has 0 atom stereocenters. The zero-order valence-corrected chi connectivity index (χ0v) is 19.1. The Hall–Kier alpha value is -2.28. The number of methoxy groups -OCH3 is 1. The monoisotopic (exact) mass is 509 g/mol. The van der Waals surface area contributed by atoms with Crippen molar-refractivity contribution in [2.24, 2.45) is 0 Å². The first kappa shape index (κ1) is 21.0. The van der Waals surface area contributed by atoms with Crippen molar-refractivity contribution in [1.82, 2.24) is 0 Å². The van der Waals surface area contributed by atoms with Crippen LogP contribution in [0.3, 0.4) is 0 Å². The van der Waals surface area contributed by atoms with Gasteiger partial charge in [-0.1, -0.05) is 29.3 Å². The van der Waals surface area contributed by atoms with E-state index in [0.717, 1.165) is 32.8 Å². The summed E-state index contributed by atoms with van der Waals surface area (Å²) in [6.07, 6.45) is 0. The molecule has 0 spiro atoms. The zero-order valence-electron chi connectivity index (χ0n) is 16.0. The topological polar surface area (TPSA) is 49.0 Å². The van der Waals surface area contributed by atoms with Crippen molar-refractivity contribution in [1.29, 1.82) is 0 Å². The normalized spacial score (nSPS) is 12.0. The minimum atomic E-state index is 0.256. The largest absolute Gasteiger partial charge is 0.493 e. The highest BCUT2D eigenvalue weighted by molar-refractivity contribution is 9.10. The average molecular weight is 511 g/mol. The third kappa shape index (κ3) is 4.72. The van der Waals surface area contributed by atoms with E-state index in [9.17, 15) is 0 Å². The molecule has 0 saturated carbocycles. The SMILES string of the molecule is COc1cc(CNc2ccc3c(c2)OCO3)cc(Br)c1OCc1ccc(Cl)cc1Cl. The predicted molar refractivity (Wildman–Crippen MR) is 121 cm³/mol. The minimum absolute atomic E-state index is 0.256. The fraction of sp³-hybridized carbons (Fsp3) is 0.182. The Morgan fingerprint density at radius 3 is 2.67 bits per heavy atom. The number of halogens is 3. The van der Waals surface area contributed by atoms with Crippen molar-refractivity contribution in [3.8, 4) is 23.0 Å². The molecule has 0 radical (unpaired) electrons. The highest BCUT2D eigenvalue weighted by Gasteiger charge is 2.15. The quantitative estimate of drug-likeness (QED) is 0.384. The van der Waals surface area contributed by atoms with Crippen molar-refractivity contribution in [3.05, 3.63) is 74.2 Å². The Morgan fingerprint density at radius 1 is 1.03 bits per heavy atom. The maximum absolute atomic E-state index is 6.24. The molecular formula is C22H18BrCl2NO4. The lowest BCUT2D eigenvalue weighted by molar-refractivity contribution is 0.174. The van der Waals surface area contributed by atoms with Crippen LogP contribution in [-0.2, 0) is 13.2 Å². The first-order valence-electron chi connectivity index (χ1n) is 9.10. The summed E-state index contributed by atoms with van der Waals surface area (Å²) >= 11 is 15.8. The highest BCUT2D eigenvalue weighted by atomic mass is 79.9. The summed E-state index contributed by atoms with van der Waals surface area (Å²) < 4.78 is 23.1. The van der Waals surface area contributed by atoms with Gasteiger partial charge in [0.1, 0.15) is 6.61 Å². The van der Waals surface area contributed by atoms with Crippen LogP contribution in [0.5, 0.6) is 23.0 Å². The number of hydrogen-bond acceptors (Lipinski definition) is 5. The average Bonchev–Trinajstić information content (AvgIpc) is 3.20. The van der Waals surface area contributed by atoms with Crippen molar-refractivity contribution in [2.45, 2.75) is 13.2 Å². The number of hydrogen-bond donors (Lipinski definition) is 1. The second kappa shape index (κ2) is 9.25. The third-order valence-electron chi connectivity index (χ3n) is 4.55. The fourth-order valence-corrected chi connectivity index (χ4v) is 4.08. The molecule has 1 N–H and O–H groups in total. The van der Waals surface area contributed by atoms with Crippen LogP contribution in [0, 0.1) is 0 Å². The van der Waals surface area contributed by atoms with Crippen molar-refractivity contribution in [2.75, 3.05) is 19.2 Å². The lowest BCUT2D eigenvalue weighted by Gasteiger charge is -2.16. The standard InChI is InChI=1S/C22H18BrCl2NO4/c1-27-21-7-13(10-26-16-4-5-19-20(9-16)30-12-29-19)6-17(23)22(21)28-11-14-2-3-15(24)8-18(14)25/h2-9,26H,10-12H2,1H3. The van der Waals surface area contributed by atoms with Crippen molar-refractivity contribution in [3.63, 3.8) is 0 Å². The zero-order chi connectivity index (χ0) is 21.1. The van der Waals surface area contributed by atoms with Crippen LogP contribution in [0.1, 0.15) is 11.1 Å². The molecule has 0 fully saturated rings. The number of ether oxygens (including phenoxy) is 4. The number of anilines is 1. The molecule has 156 valence electrons.